The summed E-state index contributed by atoms with van der Waals surface area (Å²) in [6.45, 7) is 0. The van der Waals surface area contributed by atoms with Gasteiger partial charge < -0.3 is 4.74 Å². The highest BCUT2D eigenvalue weighted by Gasteiger charge is 2.05. The van der Waals surface area contributed by atoms with Crippen LogP contribution < -0.4 is 4.74 Å². The molecule has 72 valence electrons. The molecule has 0 radical (unpaired) electrons. The van der Waals surface area contributed by atoms with Crippen LogP contribution in [0.3, 0.4) is 0 Å². The Bertz CT molecular complexity index is 487. The Morgan fingerprint density at radius 2 is 2.14 bits per heavy atom. The SMILES string of the molecule is COc1ccc2nc(Cl)cc(F)c2c1. The molecule has 1 aromatic carbocycles. The molecule has 0 N–H and O–H groups in total. The second-order valence-corrected chi connectivity index (χ2v) is 3.20. The lowest BCUT2D eigenvalue weighted by atomic mass is 10.2. The number of aromatic nitrogens is 1. The first-order valence-corrected chi connectivity index (χ1v) is 4.38. The van der Waals surface area contributed by atoms with Crippen LogP contribution in [0.5, 0.6) is 5.75 Å². The molecule has 0 aliphatic rings. The Hall–Kier alpha value is -1.35. The molecular formula is C10H7ClFNO. The monoisotopic (exact) mass is 211 g/mol. The standard InChI is InChI=1S/C10H7ClFNO/c1-14-6-2-3-9-7(4-6)8(12)5-10(11)13-9/h2-5H,1H3. The summed E-state index contributed by atoms with van der Waals surface area (Å²) in [4.78, 5) is 3.98. The molecule has 0 fully saturated rings. The number of pyridine rings is 1. The minimum absolute atomic E-state index is 0.153. The van der Waals surface area contributed by atoms with Crippen LogP contribution in [0.1, 0.15) is 0 Å². The Kier molecular flexibility index (Phi) is 2.25. The van der Waals surface area contributed by atoms with Crippen molar-refractivity contribution in [2.75, 3.05) is 7.11 Å². The first-order valence-electron chi connectivity index (χ1n) is 4.00. The van der Waals surface area contributed by atoms with E-state index in [4.69, 9.17) is 16.3 Å². The number of halogens is 2. The second kappa shape index (κ2) is 3.42. The van der Waals surface area contributed by atoms with E-state index < -0.39 is 0 Å². The fourth-order valence-electron chi connectivity index (χ4n) is 1.26. The molecule has 0 amide bonds. The number of rotatable bonds is 1. The van der Waals surface area contributed by atoms with Gasteiger partial charge in [-0.15, -0.1) is 0 Å². The molecule has 0 unspecified atom stereocenters. The second-order valence-electron chi connectivity index (χ2n) is 2.81. The highest BCUT2D eigenvalue weighted by atomic mass is 35.5. The Morgan fingerprint density at radius 3 is 2.86 bits per heavy atom. The van der Waals surface area contributed by atoms with Crippen molar-refractivity contribution in [1.82, 2.24) is 4.98 Å². The van der Waals surface area contributed by atoms with Gasteiger partial charge in [0.25, 0.3) is 0 Å². The lowest BCUT2D eigenvalue weighted by Crippen LogP contribution is -1.87. The maximum absolute atomic E-state index is 13.4. The normalized spacial score (nSPS) is 10.5. The molecule has 0 aliphatic carbocycles. The third-order valence-electron chi connectivity index (χ3n) is 1.93. The van der Waals surface area contributed by atoms with Crippen LogP contribution in [0, 0.1) is 5.82 Å². The quantitative estimate of drug-likeness (QED) is 0.677. The average Bonchev–Trinajstić information content (AvgIpc) is 2.17. The third kappa shape index (κ3) is 1.51. The summed E-state index contributed by atoms with van der Waals surface area (Å²) in [6, 6.07) is 6.16. The summed E-state index contributed by atoms with van der Waals surface area (Å²) in [6.07, 6.45) is 0. The van der Waals surface area contributed by atoms with Crippen molar-refractivity contribution in [3.63, 3.8) is 0 Å². The summed E-state index contributed by atoms with van der Waals surface area (Å²) < 4.78 is 18.4. The summed E-state index contributed by atoms with van der Waals surface area (Å²) in [5.41, 5.74) is 0.524. The number of hydrogen-bond acceptors (Lipinski definition) is 2. The molecule has 2 nitrogen and oxygen atoms in total. The van der Waals surface area contributed by atoms with Gasteiger partial charge in [0, 0.05) is 11.5 Å². The van der Waals surface area contributed by atoms with Crippen molar-refractivity contribution >= 4 is 22.5 Å². The molecule has 1 aromatic heterocycles. The number of nitrogens with zero attached hydrogens (tertiary/aromatic N) is 1. The number of hydrogen-bond donors (Lipinski definition) is 0. The van der Waals surface area contributed by atoms with E-state index in [9.17, 15) is 4.39 Å². The van der Waals surface area contributed by atoms with Gasteiger partial charge in [0.15, 0.2) is 0 Å². The number of ether oxygens (including phenoxy) is 1. The number of benzene rings is 1. The van der Waals surface area contributed by atoms with Gasteiger partial charge in [-0.05, 0) is 18.2 Å². The molecular weight excluding hydrogens is 205 g/mol. The van der Waals surface area contributed by atoms with E-state index in [0.717, 1.165) is 0 Å². The van der Waals surface area contributed by atoms with Crippen LogP contribution in [-0.4, -0.2) is 12.1 Å². The molecule has 0 saturated heterocycles. The highest BCUT2D eigenvalue weighted by molar-refractivity contribution is 6.29. The zero-order valence-corrected chi connectivity index (χ0v) is 8.18. The molecule has 2 aromatic rings. The van der Waals surface area contributed by atoms with E-state index in [1.165, 1.54) is 13.2 Å². The molecule has 0 spiro atoms. The van der Waals surface area contributed by atoms with Gasteiger partial charge in [-0.1, -0.05) is 11.6 Å². The van der Waals surface area contributed by atoms with Gasteiger partial charge in [-0.2, -0.15) is 0 Å². The van der Waals surface area contributed by atoms with E-state index in [1.54, 1.807) is 18.2 Å². The fraction of sp³-hybridized carbons (Fsp3) is 0.100. The fourth-order valence-corrected chi connectivity index (χ4v) is 1.45. The maximum atomic E-state index is 13.4. The van der Waals surface area contributed by atoms with Gasteiger partial charge >= 0.3 is 0 Å². The molecule has 0 saturated carbocycles. The van der Waals surface area contributed by atoms with Crippen LogP contribution >= 0.6 is 11.6 Å². The summed E-state index contributed by atoms with van der Waals surface area (Å²) in [5, 5.41) is 0.564. The smallest absolute Gasteiger partial charge is 0.135 e. The van der Waals surface area contributed by atoms with E-state index in [1.807, 2.05) is 0 Å². The summed E-state index contributed by atoms with van der Waals surface area (Å²) in [7, 11) is 1.53. The predicted octanol–water partition coefficient (Wildman–Crippen LogP) is 3.04. The molecule has 1 heterocycles. The van der Waals surface area contributed by atoms with Crippen molar-refractivity contribution in [3.8, 4) is 5.75 Å². The van der Waals surface area contributed by atoms with Crippen molar-refractivity contribution in [2.45, 2.75) is 0 Å². The van der Waals surface area contributed by atoms with Crippen LogP contribution in [0.2, 0.25) is 5.15 Å². The molecule has 2 rings (SSSR count). The van der Waals surface area contributed by atoms with Crippen molar-refractivity contribution in [3.05, 3.63) is 35.2 Å². The van der Waals surface area contributed by atoms with Gasteiger partial charge in [-0.25, -0.2) is 9.37 Å². The van der Waals surface area contributed by atoms with E-state index in [-0.39, 0.29) is 11.0 Å². The largest absolute Gasteiger partial charge is 0.497 e. The van der Waals surface area contributed by atoms with Crippen LogP contribution in [0.15, 0.2) is 24.3 Å². The maximum Gasteiger partial charge on any atom is 0.135 e. The average molecular weight is 212 g/mol. The van der Waals surface area contributed by atoms with Gasteiger partial charge in [0.05, 0.1) is 12.6 Å². The lowest BCUT2D eigenvalue weighted by molar-refractivity contribution is 0.415. The third-order valence-corrected chi connectivity index (χ3v) is 2.13. The Morgan fingerprint density at radius 1 is 1.36 bits per heavy atom. The zero-order chi connectivity index (χ0) is 10.1. The van der Waals surface area contributed by atoms with Crippen molar-refractivity contribution < 1.29 is 9.13 Å². The Balaban J connectivity index is 2.75. The Labute approximate surface area is 85.3 Å². The molecule has 14 heavy (non-hydrogen) atoms. The minimum atomic E-state index is -0.390. The van der Waals surface area contributed by atoms with Crippen LogP contribution in [0.4, 0.5) is 4.39 Å². The summed E-state index contributed by atoms with van der Waals surface area (Å²) >= 11 is 5.62. The zero-order valence-electron chi connectivity index (χ0n) is 7.42. The van der Waals surface area contributed by atoms with Crippen molar-refractivity contribution in [1.29, 1.82) is 0 Å². The van der Waals surface area contributed by atoms with Gasteiger partial charge in [0.2, 0.25) is 0 Å². The van der Waals surface area contributed by atoms with E-state index in [2.05, 4.69) is 4.98 Å². The first-order chi connectivity index (χ1) is 6.70. The highest BCUT2D eigenvalue weighted by Crippen LogP contribution is 2.23. The van der Waals surface area contributed by atoms with Crippen LogP contribution in [0.25, 0.3) is 10.9 Å². The molecule has 0 bridgehead atoms. The van der Waals surface area contributed by atoms with Gasteiger partial charge in [-0.3, -0.25) is 0 Å². The minimum Gasteiger partial charge on any atom is -0.497 e. The number of fused-ring (bicyclic) bond motifs is 1. The number of methoxy groups -OCH3 is 1. The van der Waals surface area contributed by atoms with E-state index in [0.29, 0.717) is 16.7 Å². The van der Waals surface area contributed by atoms with Gasteiger partial charge in [0.1, 0.15) is 16.7 Å². The van der Waals surface area contributed by atoms with Crippen LogP contribution in [-0.2, 0) is 0 Å². The first kappa shape index (κ1) is 9.21. The molecule has 0 aliphatic heterocycles. The lowest BCUT2D eigenvalue weighted by Gasteiger charge is -2.03. The topological polar surface area (TPSA) is 22.1 Å². The molecule has 0 atom stereocenters. The summed E-state index contributed by atoms with van der Waals surface area (Å²) in [5.74, 6) is 0.208. The molecule has 4 heteroatoms. The van der Waals surface area contributed by atoms with Crippen molar-refractivity contribution in [2.24, 2.45) is 0 Å². The van der Waals surface area contributed by atoms with E-state index >= 15 is 0 Å². The predicted molar refractivity (Wildman–Crippen MR) is 53.3 cm³/mol.